The predicted octanol–water partition coefficient (Wildman–Crippen LogP) is 6.40. The third-order valence-corrected chi connectivity index (χ3v) is 11.0. The molecular formula is C39H46F6N6O4. The molecule has 0 bridgehead atoms. The molecule has 298 valence electrons. The standard InChI is InChI=1S/C39H46F6N6O4/c1-4-55-35(53)26-6-5-14-49(21-26)33-18-27(39(43,44)45)8-7-25(33)20-50-17-13-46-37(50)47-36(54)38(42)23-51(22-31(38)30-10-9-28(40)19-32(30)41)29-11-15-48(16-12-29)34(52)24(2)3/h7-10,13,17-19,24,26,29,31H,4-6,11-12,14-16,20-23H2,1-3H3,(H,46,47,54)/t26-,31+,38+/m1/s1. The van der Waals surface area contributed by atoms with Crippen LogP contribution < -0.4 is 10.2 Å². The van der Waals surface area contributed by atoms with Crippen LogP contribution in [0.25, 0.3) is 0 Å². The number of hydrogen-bond donors (Lipinski definition) is 1. The quantitative estimate of drug-likeness (QED) is 0.188. The number of benzene rings is 2. The van der Waals surface area contributed by atoms with E-state index in [0.29, 0.717) is 56.9 Å². The Balaban J connectivity index is 1.25. The summed E-state index contributed by atoms with van der Waals surface area (Å²) in [5, 5.41) is 2.56. The average molecular weight is 777 g/mol. The van der Waals surface area contributed by atoms with Crippen LogP contribution in [0.1, 0.15) is 69.1 Å². The summed E-state index contributed by atoms with van der Waals surface area (Å²) in [6.45, 7) is 6.42. The Bertz CT molecular complexity index is 1880. The summed E-state index contributed by atoms with van der Waals surface area (Å²) in [6, 6.07) is 5.92. The third-order valence-electron chi connectivity index (χ3n) is 11.0. The summed E-state index contributed by atoms with van der Waals surface area (Å²) in [4.78, 5) is 48.7. The van der Waals surface area contributed by atoms with E-state index in [9.17, 15) is 31.9 Å². The van der Waals surface area contributed by atoms with Gasteiger partial charge in [-0.25, -0.2) is 18.2 Å². The Morgan fingerprint density at radius 2 is 1.76 bits per heavy atom. The summed E-state index contributed by atoms with van der Waals surface area (Å²) in [5.41, 5.74) is -3.05. The molecule has 3 atom stereocenters. The van der Waals surface area contributed by atoms with E-state index >= 15 is 8.78 Å². The molecule has 0 spiro atoms. The third kappa shape index (κ3) is 8.63. The number of nitrogens with one attached hydrogen (secondary N) is 1. The highest BCUT2D eigenvalue weighted by atomic mass is 19.4. The molecule has 3 aliphatic rings. The second-order valence-electron chi connectivity index (χ2n) is 14.9. The van der Waals surface area contributed by atoms with Crippen molar-refractivity contribution in [3.8, 4) is 0 Å². The van der Waals surface area contributed by atoms with Crippen molar-refractivity contribution in [3.63, 3.8) is 0 Å². The van der Waals surface area contributed by atoms with E-state index in [2.05, 4.69) is 10.3 Å². The average Bonchev–Trinajstić information content (AvgIpc) is 3.75. The Hall–Kier alpha value is -4.60. The number of halogens is 6. The van der Waals surface area contributed by atoms with Crippen LogP contribution in [0.15, 0.2) is 48.8 Å². The number of hydrogen-bond acceptors (Lipinski definition) is 7. The first-order valence-electron chi connectivity index (χ1n) is 18.7. The minimum atomic E-state index is -4.63. The highest BCUT2D eigenvalue weighted by Gasteiger charge is 2.56. The van der Waals surface area contributed by atoms with Crippen molar-refractivity contribution >= 4 is 29.4 Å². The first-order chi connectivity index (χ1) is 26.1. The van der Waals surface area contributed by atoms with Crippen molar-refractivity contribution in [3.05, 3.63) is 77.1 Å². The molecule has 0 radical (unpaired) electrons. The fourth-order valence-electron chi connectivity index (χ4n) is 8.07. The molecule has 4 heterocycles. The molecule has 55 heavy (non-hydrogen) atoms. The number of esters is 1. The summed E-state index contributed by atoms with van der Waals surface area (Å²) >= 11 is 0. The van der Waals surface area contributed by atoms with Crippen LogP contribution in [0.4, 0.5) is 38.0 Å². The van der Waals surface area contributed by atoms with Crippen molar-refractivity contribution in [1.29, 1.82) is 0 Å². The minimum absolute atomic E-state index is 0.0149. The number of piperidine rings is 2. The summed E-state index contributed by atoms with van der Waals surface area (Å²) in [6.07, 6.45) is 0.329. The lowest BCUT2D eigenvalue weighted by Crippen LogP contribution is -2.49. The van der Waals surface area contributed by atoms with E-state index in [4.69, 9.17) is 4.74 Å². The van der Waals surface area contributed by atoms with E-state index in [1.165, 1.54) is 23.0 Å². The largest absolute Gasteiger partial charge is 0.466 e. The van der Waals surface area contributed by atoms with Crippen LogP contribution in [-0.4, -0.2) is 94.7 Å². The SMILES string of the molecule is CCOC(=O)[C@@H]1CCCN(c2cc(C(F)(F)F)ccc2Cn2ccnc2NC(=O)[C@]2(F)CN(C3CCN(C(=O)C(C)C)CC3)C[C@H]2c2ccc(F)cc2F)C1. The molecule has 3 aromatic rings. The zero-order chi connectivity index (χ0) is 39.7. The van der Waals surface area contributed by atoms with E-state index in [-0.39, 0.29) is 61.3 Å². The maximum absolute atomic E-state index is 17.5. The Morgan fingerprint density at radius 1 is 1.02 bits per heavy atom. The van der Waals surface area contributed by atoms with Crippen molar-refractivity contribution < 1.29 is 45.5 Å². The van der Waals surface area contributed by atoms with Crippen LogP contribution in [-0.2, 0) is 31.8 Å². The molecule has 0 unspecified atom stereocenters. The lowest BCUT2D eigenvalue weighted by molar-refractivity contribution is -0.148. The van der Waals surface area contributed by atoms with E-state index in [1.807, 2.05) is 13.8 Å². The van der Waals surface area contributed by atoms with Crippen LogP contribution in [0.2, 0.25) is 0 Å². The normalized spacial score (nSPS) is 22.7. The lowest BCUT2D eigenvalue weighted by atomic mass is 9.85. The topological polar surface area (TPSA) is 100 Å². The van der Waals surface area contributed by atoms with Crippen molar-refractivity contribution in [1.82, 2.24) is 19.4 Å². The van der Waals surface area contributed by atoms with Gasteiger partial charge in [0.2, 0.25) is 17.5 Å². The fourth-order valence-corrected chi connectivity index (χ4v) is 8.07. The number of rotatable bonds is 10. The van der Waals surface area contributed by atoms with Gasteiger partial charge in [0.05, 0.1) is 24.6 Å². The number of carbonyl (C=O) groups excluding carboxylic acids is 3. The molecule has 0 aliphatic carbocycles. The maximum Gasteiger partial charge on any atom is 0.416 e. The zero-order valence-corrected chi connectivity index (χ0v) is 31.1. The van der Waals surface area contributed by atoms with Crippen LogP contribution in [0.3, 0.4) is 0 Å². The number of ether oxygens (including phenoxy) is 1. The van der Waals surface area contributed by atoms with Gasteiger partial charge in [0.1, 0.15) is 11.6 Å². The summed E-state index contributed by atoms with van der Waals surface area (Å²) in [7, 11) is 0. The highest BCUT2D eigenvalue weighted by molar-refractivity contribution is 5.97. The number of likely N-dealkylation sites (tertiary alicyclic amines) is 2. The van der Waals surface area contributed by atoms with Gasteiger partial charge >= 0.3 is 12.1 Å². The molecule has 3 aliphatic heterocycles. The number of amides is 2. The molecule has 3 saturated heterocycles. The zero-order valence-electron chi connectivity index (χ0n) is 31.1. The van der Waals surface area contributed by atoms with E-state index in [1.54, 1.807) is 21.6 Å². The van der Waals surface area contributed by atoms with Crippen LogP contribution >= 0.6 is 0 Å². The molecular weight excluding hydrogens is 730 g/mol. The van der Waals surface area contributed by atoms with Crippen molar-refractivity contribution in [2.75, 3.05) is 56.1 Å². The molecule has 2 amide bonds. The van der Waals surface area contributed by atoms with Crippen LogP contribution in [0, 0.1) is 23.5 Å². The Morgan fingerprint density at radius 3 is 2.44 bits per heavy atom. The van der Waals surface area contributed by atoms with Gasteiger partial charge < -0.3 is 19.1 Å². The molecule has 0 saturated carbocycles. The molecule has 6 rings (SSSR count). The van der Waals surface area contributed by atoms with E-state index in [0.717, 1.165) is 24.3 Å². The molecule has 10 nitrogen and oxygen atoms in total. The monoisotopic (exact) mass is 776 g/mol. The van der Waals surface area contributed by atoms with E-state index < -0.39 is 59.3 Å². The van der Waals surface area contributed by atoms with Gasteiger partial charge in [-0.2, -0.15) is 13.2 Å². The second kappa shape index (κ2) is 16.2. The Labute approximate surface area is 315 Å². The first kappa shape index (κ1) is 40.1. The number of alkyl halides is 4. The fraction of sp³-hybridized carbons (Fsp3) is 0.538. The van der Waals surface area contributed by atoms with Crippen molar-refractivity contribution in [2.24, 2.45) is 11.8 Å². The second-order valence-corrected chi connectivity index (χ2v) is 14.9. The first-order valence-corrected chi connectivity index (χ1v) is 18.7. The number of carbonyl (C=O) groups is 3. The maximum atomic E-state index is 17.5. The van der Waals surface area contributed by atoms with Gasteiger partial charge in [-0.05, 0) is 61.9 Å². The smallest absolute Gasteiger partial charge is 0.416 e. The predicted molar refractivity (Wildman–Crippen MR) is 192 cm³/mol. The van der Waals surface area contributed by atoms with Crippen LogP contribution in [0.5, 0.6) is 0 Å². The van der Waals surface area contributed by atoms with Gasteiger partial charge in [-0.15, -0.1) is 0 Å². The molecule has 16 heteroatoms. The summed E-state index contributed by atoms with van der Waals surface area (Å²) < 4.78 is 95.1. The lowest BCUT2D eigenvalue weighted by Gasteiger charge is -2.37. The number of imidazole rings is 1. The van der Waals surface area contributed by atoms with Gasteiger partial charge in [-0.1, -0.05) is 26.0 Å². The van der Waals surface area contributed by atoms with Gasteiger partial charge in [-0.3, -0.25) is 24.6 Å². The molecule has 1 aromatic heterocycles. The number of anilines is 2. The van der Waals surface area contributed by atoms with Gasteiger partial charge in [0.25, 0.3) is 5.91 Å². The number of aromatic nitrogens is 2. The number of nitrogens with zero attached hydrogens (tertiary/aromatic N) is 5. The molecule has 1 N–H and O–H groups in total. The molecule has 3 fully saturated rings. The minimum Gasteiger partial charge on any atom is -0.466 e. The Kier molecular flexibility index (Phi) is 11.8. The van der Waals surface area contributed by atoms with Gasteiger partial charge in [0, 0.05) is 81.3 Å². The van der Waals surface area contributed by atoms with Gasteiger partial charge in [0.15, 0.2) is 0 Å². The molecule has 2 aromatic carbocycles. The van der Waals surface area contributed by atoms with Crippen molar-refractivity contribution in [2.45, 2.75) is 76.8 Å². The summed E-state index contributed by atoms with van der Waals surface area (Å²) in [5.74, 6) is -5.46. The highest BCUT2D eigenvalue weighted by Crippen LogP contribution is 2.43.